The van der Waals surface area contributed by atoms with Crippen LogP contribution in [-0.2, 0) is 17.4 Å². The lowest BCUT2D eigenvalue weighted by atomic mass is 10.0. The van der Waals surface area contributed by atoms with E-state index in [2.05, 4.69) is 24.4 Å². The zero-order chi connectivity index (χ0) is 18.4. The number of alkyl halides is 3. The number of carbonyl (C=O) groups is 1. The Kier molecular flexibility index (Phi) is 5.96. The van der Waals surface area contributed by atoms with Crippen molar-refractivity contribution in [2.75, 3.05) is 0 Å². The van der Waals surface area contributed by atoms with Gasteiger partial charge in [0.1, 0.15) is 0 Å². The van der Waals surface area contributed by atoms with E-state index in [1.807, 2.05) is 24.3 Å². The van der Waals surface area contributed by atoms with Crippen LogP contribution < -0.4 is 5.43 Å². The highest BCUT2D eigenvalue weighted by molar-refractivity contribution is 5.83. The molecule has 0 unspecified atom stereocenters. The van der Waals surface area contributed by atoms with Gasteiger partial charge in [-0.05, 0) is 28.7 Å². The molecule has 0 aliphatic carbocycles. The van der Waals surface area contributed by atoms with Gasteiger partial charge in [0.2, 0.25) is 5.91 Å². The van der Waals surface area contributed by atoms with E-state index in [0.29, 0.717) is 5.92 Å². The summed E-state index contributed by atoms with van der Waals surface area (Å²) < 4.78 is 37.9. The second-order valence-electron chi connectivity index (χ2n) is 5.99. The third-order valence-corrected chi connectivity index (χ3v) is 3.62. The van der Waals surface area contributed by atoms with Crippen LogP contribution in [-0.4, -0.2) is 12.1 Å². The number of nitrogens with one attached hydrogen (secondary N) is 1. The number of hydrazone groups is 1. The Morgan fingerprint density at radius 3 is 2.44 bits per heavy atom. The molecule has 1 N–H and O–H groups in total. The molecule has 3 nitrogen and oxygen atoms in total. The molecule has 0 aromatic heterocycles. The molecule has 1 amide bonds. The largest absolute Gasteiger partial charge is 0.416 e. The Hall–Kier alpha value is -2.63. The first-order chi connectivity index (χ1) is 11.8. The van der Waals surface area contributed by atoms with Crippen molar-refractivity contribution in [1.82, 2.24) is 5.43 Å². The molecule has 0 radical (unpaired) electrons. The summed E-state index contributed by atoms with van der Waals surface area (Å²) in [5.41, 5.74) is 3.86. The number of hydrogen-bond donors (Lipinski definition) is 1. The number of benzene rings is 2. The van der Waals surface area contributed by atoms with Crippen molar-refractivity contribution in [3.8, 4) is 0 Å². The van der Waals surface area contributed by atoms with Crippen molar-refractivity contribution in [2.45, 2.75) is 32.4 Å². The van der Waals surface area contributed by atoms with Crippen LogP contribution in [0.15, 0.2) is 53.6 Å². The van der Waals surface area contributed by atoms with Gasteiger partial charge in [0, 0.05) is 0 Å². The molecule has 2 aromatic carbocycles. The van der Waals surface area contributed by atoms with Gasteiger partial charge >= 0.3 is 6.18 Å². The van der Waals surface area contributed by atoms with Gasteiger partial charge in [0.15, 0.2) is 0 Å². The average Bonchev–Trinajstić information content (AvgIpc) is 2.55. The van der Waals surface area contributed by atoms with Gasteiger partial charge in [-0.2, -0.15) is 18.3 Å². The van der Waals surface area contributed by atoms with Gasteiger partial charge in [-0.15, -0.1) is 0 Å². The van der Waals surface area contributed by atoms with E-state index in [0.717, 1.165) is 17.7 Å². The average molecular weight is 348 g/mol. The molecule has 2 aromatic rings. The van der Waals surface area contributed by atoms with Gasteiger partial charge in [0.25, 0.3) is 0 Å². The lowest BCUT2D eigenvalue weighted by Crippen LogP contribution is -2.20. The summed E-state index contributed by atoms with van der Waals surface area (Å²) in [6, 6.07) is 12.4. The maximum Gasteiger partial charge on any atom is 0.416 e. The molecule has 0 aliphatic heterocycles. The Bertz CT molecular complexity index is 750. The van der Waals surface area contributed by atoms with E-state index in [9.17, 15) is 18.0 Å². The number of hydrogen-bond acceptors (Lipinski definition) is 2. The van der Waals surface area contributed by atoms with Crippen molar-refractivity contribution in [3.63, 3.8) is 0 Å². The summed E-state index contributed by atoms with van der Waals surface area (Å²) in [6.45, 7) is 4.19. The van der Waals surface area contributed by atoms with Crippen molar-refractivity contribution in [2.24, 2.45) is 5.10 Å². The monoisotopic (exact) mass is 348 g/mol. The zero-order valence-electron chi connectivity index (χ0n) is 14.0. The zero-order valence-corrected chi connectivity index (χ0v) is 14.0. The van der Waals surface area contributed by atoms with Crippen LogP contribution in [0.2, 0.25) is 0 Å². The molecular formula is C19H19F3N2O. The smallest absolute Gasteiger partial charge is 0.273 e. The van der Waals surface area contributed by atoms with Crippen LogP contribution in [0.4, 0.5) is 13.2 Å². The topological polar surface area (TPSA) is 41.5 Å². The molecular weight excluding hydrogens is 329 g/mol. The Morgan fingerprint density at radius 2 is 1.84 bits per heavy atom. The number of halogens is 3. The van der Waals surface area contributed by atoms with E-state index in [4.69, 9.17) is 0 Å². The van der Waals surface area contributed by atoms with Crippen LogP contribution in [0.25, 0.3) is 0 Å². The maximum atomic E-state index is 12.6. The molecule has 2 rings (SSSR count). The lowest BCUT2D eigenvalue weighted by molar-refractivity contribution is -0.137. The quantitative estimate of drug-likeness (QED) is 0.626. The molecule has 0 saturated heterocycles. The van der Waals surface area contributed by atoms with E-state index >= 15 is 0 Å². The number of rotatable bonds is 5. The normalized spacial score (nSPS) is 11.9. The molecule has 0 atom stereocenters. The number of amides is 1. The third-order valence-electron chi connectivity index (χ3n) is 3.62. The maximum absolute atomic E-state index is 12.6. The Balaban J connectivity index is 1.92. The van der Waals surface area contributed by atoms with Gasteiger partial charge in [-0.3, -0.25) is 4.79 Å². The molecule has 132 valence electrons. The van der Waals surface area contributed by atoms with Gasteiger partial charge in [0.05, 0.1) is 18.2 Å². The van der Waals surface area contributed by atoms with Crippen molar-refractivity contribution in [3.05, 3.63) is 70.8 Å². The third kappa shape index (κ3) is 5.74. The van der Waals surface area contributed by atoms with Crippen LogP contribution in [0.5, 0.6) is 0 Å². The highest BCUT2D eigenvalue weighted by Gasteiger charge is 2.30. The molecule has 0 spiro atoms. The predicted octanol–water partition coefficient (Wildman–Crippen LogP) is 4.52. The van der Waals surface area contributed by atoms with Crippen molar-refractivity contribution in [1.29, 1.82) is 0 Å². The number of carbonyl (C=O) groups excluding carboxylic acids is 1. The van der Waals surface area contributed by atoms with Gasteiger partial charge in [-0.25, -0.2) is 5.43 Å². The summed E-state index contributed by atoms with van der Waals surface area (Å²) in [4.78, 5) is 11.8. The van der Waals surface area contributed by atoms with Crippen LogP contribution in [0.3, 0.4) is 0 Å². The van der Waals surface area contributed by atoms with E-state index < -0.39 is 17.6 Å². The Morgan fingerprint density at radius 1 is 1.16 bits per heavy atom. The highest BCUT2D eigenvalue weighted by Crippen LogP contribution is 2.29. The van der Waals surface area contributed by atoms with Crippen molar-refractivity contribution >= 4 is 12.1 Å². The first-order valence-electron chi connectivity index (χ1n) is 7.83. The summed E-state index contributed by atoms with van der Waals surface area (Å²) >= 11 is 0. The minimum atomic E-state index is -4.42. The second-order valence-corrected chi connectivity index (χ2v) is 5.99. The molecule has 25 heavy (non-hydrogen) atoms. The molecule has 0 aliphatic rings. The van der Waals surface area contributed by atoms with Crippen LogP contribution >= 0.6 is 0 Å². The Labute approximate surface area is 144 Å². The van der Waals surface area contributed by atoms with Gasteiger partial charge < -0.3 is 0 Å². The fourth-order valence-electron chi connectivity index (χ4n) is 2.23. The minimum Gasteiger partial charge on any atom is -0.273 e. The fourth-order valence-corrected chi connectivity index (χ4v) is 2.23. The van der Waals surface area contributed by atoms with Gasteiger partial charge in [-0.1, -0.05) is 56.3 Å². The summed E-state index contributed by atoms with van der Waals surface area (Å²) in [7, 11) is 0. The lowest BCUT2D eigenvalue weighted by Gasteiger charge is -2.08. The minimum absolute atomic E-state index is 0.173. The highest BCUT2D eigenvalue weighted by atomic mass is 19.4. The SMILES string of the molecule is CC(C)c1ccc(/C=N\NC(=O)Cc2cccc(C(F)(F)F)c2)cc1. The fraction of sp³-hybridized carbons (Fsp3) is 0.263. The first-order valence-corrected chi connectivity index (χ1v) is 7.83. The first kappa shape index (κ1) is 18.7. The van der Waals surface area contributed by atoms with Crippen molar-refractivity contribution < 1.29 is 18.0 Å². The van der Waals surface area contributed by atoms with Crippen LogP contribution in [0, 0.1) is 0 Å². The molecule has 0 heterocycles. The molecule has 0 fully saturated rings. The van der Waals surface area contributed by atoms with Crippen LogP contribution in [0.1, 0.15) is 42.0 Å². The molecule has 0 bridgehead atoms. The van der Waals surface area contributed by atoms with E-state index in [1.165, 1.54) is 23.9 Å². The standard InChI is InChI=1S/C19H19F3N2O/c1-13(2)16-8-6-14(7-9-16)12-23-24-18(25)11-15-4-3-5-17(10-15)19(20,21)22/h3-10,12-13H,11H2,1-2H3,(H,24,25)/b23-12-. The number of nitrogens with zero attached hydrogens (tertiary/aromatic N) is 1. The summed E-state index contributed by atoms with van der Waals surface area (Å²) in [5, 5.41) is 3.84. The molecule has 6 heteroatoms. The summed E-state index contributed by atoms with van der Waals surface area (Å²) in [5.74, 6) is -0.0486. The van der Waals surface area contributed by atoms with E-state index in [1.54, 1.807) is 0 Å². The summed E-state index contributed by atoms with van der Waals surface area (Å²) in [6.07, 6.45) is -3.10. The predicted molar refractivity (Wildman–Crippen MR) is 91.4 cm³/mol. The molecule has 0 saturated carbocycles. The van der Waals surface area contributed by atoms with E-state index in [-0.39, 0.29) is 12.0 Å². The second kappa shape index (κ2) is 7.96.